The van der Waals surface area contributed by atoms with Crippen LogP contribution in [0.5, 0.6) is 0 Å². The zero-order valence-corrected chi connectivity index (χ0v) is 27.6. The van der Waals surface area contributed by atoms with E-state index in [-0.39, 0.29) is 0 Å². The summed E-state index contributed by atoms with van der Waals surface area (Å²) in [6, 6.07) is 0. The van der Waals surface area contributed by atoms with E-state index in [4.69, 9.17) is 42.6 Å². The summed E-state index contributed by atoms with van der Waals surface area (Å²) in [5, 5.41) is 0. The van der Waals surface area contributed by atoms with E-state index in [0.29, 0.717) is 106 Å². The second-order valence-corrected chi connectivity index (χ2v) is 10.5. The minimum atomic E-state index is 0.542. The van der Waals surface area contributed by atoms with Crippen LogP contribution in [0, 0.1) is 0 Å². The van der Waals surface area contributed by atoms with Crippen LogP contribution < -0.4 is 0 Å². The molecule has 0 heterocycles. The zero-order chi connectivity index (χ0) is 30.3. The summed E-state index contributed by atoms with van der Waals surface area (Å²) < 4.78 is 48.8. The molecule has 0 amide bonds. The monoisotopic (exact) mass is 608 g/mol. The molecule has 0 aromatic rings. The van der Waals surface area contributed by atoms with Crippen molar-refractivity contribution in [1.82, 2.24) is 0 Å². The van der Waals surface area contributed by atoms with Gasteiger partial charge in [0.2, 0.25) is 0 Å². The molecule has 0 aliphatic heterocycles. The minimum Gasteiger partial charge on any atom is -0.382 e. The molecule has 0 aromatic heterocycles. The Morgan fingerprint density at radius 3 is 0.714 bits per heavy atom. The van der Waals surface area contributed by atoms with Crippen molar-refractivity contribution >= 4 is 0 Å². The van der Waals surface area contributed by atoms with Crippen molar-refractivity contribution in [2.75, 3.05) is 119 Å². The van der Waals surface area contributed by atoms with E-state index < -0.39 is 0 Å². The third kappa shape index (κ3) is 39.6. The lowest BCUT2D eigenvalue weighted by molar-refractivity contribution is -0.0243. The number of methoxy groups -OCH3 is 1. The van der Waals surface area contributed by atoms with E-state index in [2.05, 4.69) is 6.92 Å². The quantitative estimate of drug-likeness (QED) is 0.0753. The van der Waals surface area contributed by atoms with Gasteiger partial charge in [-0.2, -0.15) is 0 Å². The predicted molar refractivity (Wildman–Crippen MR) is 169 cm³/mol. The lowest BCUT2D eigenvalue weighted by atomic mass is 10.0. The van der Waals surface area contributed by atoms with Crippen LogP contribution in [0.15, 0.2) is 0 Å². The van der Waals surface area contributed by atoms with Crippen molar-refractivity contribution in [3.05, 3.63) is 0 Å². The number of unbranched alkanes of at least 4 members (excludes halogenated alkanes) is 13. The molecule has 0 spiro atoms. The third-order valence-electron chi connectivity index (χ3n) is 6.68. The van der Waals surface area contributed by atoms with Crippen molar-refractivity contribution in [3.8, 4) is 0 Å². The van der Waals surface area contributed by atoms with E-state index in [1.165, 1.54) is 83.5 Å². The Morgan fingerprint density at radius 2 is 0.452 bits per heavy atom. The molecule has 0 aliphatic carbocycles. The van der Waals surface area contributed by atoms with Crippen LogP contribution in [0.2, 0.25) is 0 Å². The van der Waals surface area contributed by atoms with Crippen molar-refractivity contribution in [3.63, 3.8) is 0 Å². The van der Waals surface area contributed by atoms with Crippen molar-refractivity contribution < 1.29 is 42.6 Å². The van der Waals surface area contributed by atoms with E-state index in [1.54, 1.807) is 7.11 Å². The molecule has 9 heteroatoms. The first kappa shape index (κ1) is 41.6. The van der Waals surface area contributed by atoms with Crippen LogP contribution in [-0.4, -0.2) is 119 Å². The summed E-state index contributed by atoms with van der Waals surface area (Å²) in [6.45, 7) is 12.3. The van der Waals surface area contributed by atoms with Gasteiger partial charge in [0, 0.05) is 13.7 Å². The van der Waals surface area contributed by atoms with E-state index in [1.807, 2.05) is 0 Å². The molecule has 0 unspecified atom stereocenters. The highest BCUT2D eigenvalue weighted by Gasteiger charge is 1.97. The number of rotatable bonds is 39. The number of hydrogen-bond acceptors (Lipinski definition) is 9. The first-order valence-corrected chi connectivity index (χ1v) is 17.0. The maximum atomic E-state index is 5.67. The van der Waals surface area contributed by atoms with Gasteiger partial charge in [-0.05, 0) is 6.42 Å². The summed E-state index contributed by atoms with van der Waals surface area (Å²) in [5.74, 6) is 0. The average molecular weight is 609 g/mol. The molecule has 0 saturated heterocycles. The predicted octanol–water partition coefficient (Wildman–Crippen LogP) is 6.25. The molecular weight excluding hydrogens is 540 g/mol. The van der Waals surface area contributed by atoms with Gasteiger partial charge in [-0.15, -0.1) is 0 Å². The van der Waals surface area contributed by atoms with Crippen molar-refractivity contribution in [2.24, 2.45) is 0 Å². The standard InChI is InChI=1S/C33H68O9/c1-3-4-5-6-7-8-9-10-11-12-13-14-15-16-17-35-20-21-37-24-25-39-28-29-41-32-33-42-31-30-40-27-26-38-23-22-36-19-18-34-2/h3-33H2,1-2H3. The van der Waals surface area contributed by atoms with E-state index >= 15 is 0 Å². The van der Waals surface area contributed by atoms with Crippen LogP contribution in [0.25, 0.3) is 0 Å². The molecule has 42 heavy (non-hydrogen) atoms. The summed E-state index contributed by atoms with van der Waals surface area (Å²) in [6.07, 6.45) is 19.3. The Balaban J connectivity index is 3.02. The first-order chi connectivity index (χ1) is 20.9. The molecule has 254 valence electrons. The summed E-state index contributed by atoms with van der Waals surface area (Å²) in [4.78, 5) is 0. The molecule has 0 bridgehead atoms. The van der Waals surface area contributed by atoms with Gasteiger partial charge in [-0.1, -0.05) is 90.4 Å². The van der Waals surface area contributed by atoms with Crippen LogP contribution in [0.1, 0.15) is 96.8 Å². The van der Waals surface area contributed by atoms with Gasteiger partial charge in [-0.25, -0.2) is 0 Å². The minimum absolute atomic E-state index is 0.542. The Bertz CT molecular complexity index is 417. The molecule has 0 aliphatic rings. The first-order valence-electron chi connectivity index (χ1n) is 17.0. The average Bonchev–Trinajstić information content (AvgIpc) is 3.00. The van der Waals surface area contributed by atoms with Gasteiger partial charge in [-0.3, -0.25) is 0 Å². The fourth-order valence-corrected chi connectivity index (χ4v) is 4.18. The van der Waals surface area contributed by atoms with Crippen LogP contribution in [-0.2, 0) is 42.6 Å². The van der Waals surface area contributed by atoms with Gasteiger partial charge in [0.1, 0.15) is 0 Å². The topological polar surface area (TPSA) is 83.1 Å². The summed E-state index contributed by atoms with van der Waals surface area (Å²) in [7, 11) is 1.65. The molecular formula is C33H68O9. The summed E-state index contributed by atoms with van der Waals surface area (Å²) in [5.41, 5.74) is 0. The molecule has 0 atom stereocenters. The molecule has 0 radical (unpaired) electrons. The Kier molecular flexibility index (Phi) is 40.3. The Morgan fingerprint density at radius 1 is 0.238 bits per heavy atom. The molecule has 0 rings (SSSR count). The maximum absolute atomic E-state index is 5.67. The van der Waals surface area contributed by atoms with Gasteiger partial charge in [0.25, 0.3) is 0 Å². The fraction of sp³-hybridized carbons (Fsp3) is 1.00. The van der Waals surface area contributed by atoms with Gasteiger partial charge < -0.3 is 42.6 Å². The number of hydrogen-bond donors (Lipinski definition) is 0. The van der Waals surface area contributed by atoms with Crippen LogP contribution in [0.4, 0.5) is 0 Å². The number of ether oxygens (including phenoxy) is 9. The van der Waals surface area contributed by atoms with Gasteiger partial charge in [0.05, 0.1) is 106 Å². The third-order valence-corrected chi connectivity index (χ3v) is 6.68. The highest BCUT2D eigenvalue weighted by atomic mass is 16.6. The largest absolute Gasteiger partial charge is 0.382 e. The van der Waals surface area contributed by atoms with Crippen molar-refractivity contribution in [1.29, 1.82) is 0 Å². The van der Waals surface area contributed by atoms with Gasteiger partial charge in [0.15, 0.2) is 0 Å². The summed E-state index contributed by atoms with van der Waals surface area (Å²) >= 11 is 0. The Hall–Kier alpha value is -0.360. The highest BCUT2D eigenvalue weighted by Crippen LogP contribution is 2.12. The van der Waals surface area contributed by atoms with Crippen molar-refractivity contribution in [2.45, 2.75) is 96.8 Å². The normalized spacial score (nSPS) is 11.6. The second-order valence-electron chi connectivity index (χ2n) is 10.5. The van der Waals surface area contributed by atoms with Gasteiger partial charge >= 0.3 is 0 Å². The Labute approximate surface area is 258 Å². The lowest BCUT2D eigenvalue weighted by Gasteiger charge is -2.08. The van der Waals surface area contributed by atoms with E-state index in [0.717, 1.165) is 13.0 Å². The molecule has 0 fully saturated rings. The zero-order valence-electron chi connectivity index (χ0n) is 27.6. The van der Waals surface area contributed by atoms with E-state index in [9.17, 15) is 0 Å². The molecule has 0 N–H and O–H groups in total. The second kappa shape index (κ2) is 40.6. The van der Waals surface area contributed by atoms with Crippen LogP contribution in [0.3, 0.4) is 0 Å². The SMILES string of the molecule is CCCCCCCCCCCCCCCCOCCOCCOCCOCCOCCOCCOCCOCCOC. The fourth-order valence-electron chi connectivity index (χ4n) is 4.18. The maximum Gasteiger partial charge on any atom is 0.0701 e. The smallest absolute Gasteiger partial charge is 0.0701 e. The molecule has 0 saturated carbocycles. The highest BCUT2D eigenvalue weighted by molar-refractivity contribution is 4.49. The lowest BCUT2D eigenvalue weighted by Crippen LogP contribution is -2.15. The molecule has 0 aromatic carbocycles. The molecule has 9 nitrogen and oxygen atoms in total. The van der Waals surface area contributed by atoms with Crippen LogP contribution >= 0.6 is 0 Å².